The summed E-state index contributed by atoms with van der Waals surface area (Å²) in [6, 6.07) is 2.49. The van der Waals surface area contributed by atoms with Crippen molar-refractivity contribution in [3.05, 3.63) is 18.2 Å². The lowest BCUT2D eigenvalue weighted by Gasteiger charge is -2.32. The van der Waals surface area contributed by atoms with Crippen molar-refractivity contribution in [3.63, 3.8) is 0 Å². The molecule has 0 spiro atoms. The van der Waals surface area contributed by atoms with Crippen molar-refractivity contribution in [2.45, 2.75) is 9.79 Å². The zero-order valence-corrected chi connectivity index (χ0v) is 16.9. The predicted molar refractivity (Wildman–Crippen MR) is 103 cm³/mol. The second-order valence-corrected chi connectivity index (χ2v) is 9.15. The fourth-order valence-corrected chi connectivity index (χ4v) is 3.83. The second kappa shape index (κ2) is 7.68. The van der Waals surface area contributed by atoms with Gasteiger partial charge in [-0.2, -0.15) is 31.8 Å². The number of anilines is 4. The average Bonchev–Trinajstić information content (AvgIpc) is 2.60. The van der Waals surface area contributed by atoms with E-state index in [0.29, 0.717) is 13.1 Å². The molecule has 0 saturated carbocycles. The first-order chi connectivity index (χ1) is 13.4. The van der Waals surface area contributed by atoms with Crippen LogP contribution in [0, 0.1) is 0 Å². The van der Waals surface area contributed by atoms with Crippen LogP contribution in [-0.4, -0.2) is 79.0 Å². The molecule has 13 nitrogen and oxygen atoms in total. The van der Waals surface area contributed by atoms with Crippen LogP contribution in [0.2, 0.25) is 0 Å². The first-order valence-electron chi connectivity index (χ1n) is 8.24. The van der Waals surface area contributed by atoms with Crippen LogP contribution in [0.5, 0.6) is 0 Å². The lowest BCUT2D eigenvalue weighted by molar-refractivity contribution is 0.311. The summed E-state index contributed by atoms with van der Waals surface area (Å²) in [5, 5.41) is 2.53. The number of hydrogen-bond acceptors (Lipinski definition) is 11. The van der Waals surface area contributed by atoms with Crippen LogP contribution in [0.1, 0.15) is 0 Å². The summed E-state index contributed by atoms with van der Waals surface area (Å²) in [5.41, 5.74) is 5.36. The molecule has 0 bridgehead atoms. The predicted octanol–water partition coefficient (Wildman–Crippen LogP) is -0.557. The van der Waals surface area contributed by atoms with E-state index in [1.54, 1.807) is 0 Å². The summed E-state index contributed by atoms with van der Waals surface area (Å²) in [4.78, 5) is 14.9. The molecular weight excluding hydrogens is 426 g/mol. The van der Waals surface area contributed by atoms with E-state index in [4.69, 9.17) is 5.73 Å². The van der Waals surface area contributed by atoms with Gasteiger partial charge in [0.25, 0.3) is 20.2 Å². The maximum atomic E-state index is 11.6. The largest absolute Gasteiger partial charge is 0.368 e. The zero-order valence-electron chi connectivity index (χ0n) is 15.2. The molecule has 2 aromatic rings. The monoisotopic (exact) mass is 445 g/mol. The SMILES string of the molecule is CN1CCN(c2nc(N)nc(Nc3cc(S(=O)(=O)O)ccc3S(=O)(=O)O)n2)CC1. The Morgan fingerprint density at radius 1 is 1.00 bits per heavy atom. The summed E-state index contributed by atoms with van der Waals surface area (Å²) in [5.74, 6) is -0.0491. The summed E-state index contributed by atoms with van der Waals surface area (Å²) in [7, 11) is -7.37. The van der Waals surface area contributed by atoms with Crippen LogP contribution >= 0.6 is 0 Å². The molecule has 0 aliphatic carbocycles. The molecule has 1 fully saturated rings. The van der Waals surface area contributed by atoms with Gasteiger partial charge >= 0.3 is 0 Å². The molecule has 2 heterocycles. The Morgan fingerprint density at radius 2 is 1.66 bits per heavy atom. The van der Waals surface area contributed by atoms with E-state index in [1.165, 1.54) is 0 Å². The van der Waals surface area contributed by atoms with Crippen LogP contribution in [0.25, 0.3) is 0 Å². The molecule has 1 saturated heterocycles. The van der Waals surface area contributed by atoms with Crippen LogP contribution in [-0.2, 0) is 20.2 Å². The number of rotatable bonds is 5. The van der Waals surface area contributed by atoms with Gasteiger partial charge in [-0.15, -0.1) is 0 Å². The number of aromatic nitrogens is 3. The van der Waals surface area contributed by atoms with Gasteiger partial charge < -0.3 is 20.9 Å². The molecule has 1 aromatic heterocycles. The van der Waals surface area contributed by atoms with Gasteiger partial charge in [-0.3, -0.25) is 9.11 Å². The zero-order chi connectivity index (χ0) is 21.4. The second-order valence-electron chi connectivity index (χ2n) is 6.34. The standard InChI is InChI=1S/C14H19N7O6S2/c1-20-4-6-21(7-5-20)14-18-12(15)17-13(19-14)16-10-8-9(28(22,23)24)2-3-11(10)29(25,26)27/h2-3,8H,4-7H2,1H3,(H,22,23,24)(H,25,26,27)(H3,15,16,17,18,19). The summed E-state index contributed by atoms with van der Waals surface area (Å²) in [6.07, 6.45) is 0. The highest BCUT2D eigenvalue weighted by molar-refractivity contribution is 7.86. The van der Waals surface area contributed by atoms with Gasteiger partial charge in [0.2, 0.25) is 17.8 Å². The number of piperazine rings is 1. The first kappa shape index (κ1) is 21.1. The van der Waals surface area contributed by atoms with Crippen molar-refractivity contribution < 1.29 is 25.9 Å². The Kier molecular flexibility index (Phi) is 5.59. The average molecular weight is 445 g/mol. The lowest BCUT2D eigenvalue weighted by atomic mass is 10.3. The first-order valence-corrected chi connectivity index (χ1v) is 11.1. The van der Waals surface area contributed by atoms with E-state index in [1.807, 2.05) is 11.9 Å². The normalized spacial score (nSPS) is 16.0. The van der Waals surface area contributed by atoms with Crippen molar-refractivity contribution >= 4 is 43.8 Å². The van der Waals surface area contributed by atoms with Crippen LogP contribution in [0.3, 0.4) is 0 Å². The minimum Gasteiger partial charge on any atom is -0.368 e. The number of nitrogens with zero attached hydrogens (tertiary/aromatic N) is 5. The van der Waals surface area contributed by atoms with E-state index in [2.05, 4.69) is 25.2 Å². The van der Waals surface area contributed by atoms with Gasteiger partial charge in [0, 0.05) is 26.2 Å². The maximum Gasteiger partial charge on any atom is 0.296 e. The van der Waals surface area contributed by atoms with Crippen molar-refractivity contribution in [1.29, 1.82) is 0 Å². The van der Waals surface area contributed by atoms with E-state index < -0.39 is 30.0 Å². The van der Waals surface area contributed by atoms with E-state index in [0.717, 1.165) is 31.3 Å². The van der Waals surface area contributed by atoms with Crippen molar-refractivity contribution in [1.82, 2.24) is 19.9 Å². The number of nitrogen functional groups attached to an aromatic ring is 1. The molecule has 0 atom stereocenters. The lowest BCUT2D eigenvalue weighted by Crippen LogP contribution is -2.45. The molecule has 3 rings (SSSR count). The highest BCUT2D eigenvalue weighted by atomic mass is 32.2. The molecule has 0 radical (unpaired) electrons. The number of nitrogens with one attached hydrogen (secondary N) is 1. The molecule has 158 valence electrons. The summed E-state index contributed by atoms with van der Waals surface area (Å²) < 4.78 is 64.6. The quantitative estimate of drug-likeness (QED) is 0.428. The smallest absolute Gasteiger partial charge is 0.296 e. The van der Waals surface area contributed by atoms with Crippen molar-refractivity contribution in [3.8, 4) is 0 Å². The number of benzene rings is 1. The Bertz CT molecular complexity index is 1130. The summed E-state index contributed by atoms with van der Waals surface area (Å²) in [6.45, 7) is 2.82. The van der Waals surface area contributed by atoms with Gasteiger partial charge in [-0.05, 0) is 25.2 Å². The topological polar surface area (TPSA) is 192 Å². The van der Waals surface area contributed by atoms with Crippen LogP contribution in [0.15, 0.2) is 28.0 Å². The fraction of sp³-hybridized carbons (Fsp3) is 0.357. The minimum atomic E-state index is -4.72. The molecule has 29 heavy (non-hydrogen) atoms. The Morgan fingerprint density at radius 3 is 2.24 bits per heavy atom. The molecule has 15 heteroatoms. The number of hydrogen-bond donors (Lipinski definition) is 4. The minimum absolute atomic E-state index is 0.143. The number of likely N-dealkylation sites (N-methyl/N-ethyl adjacent to an activating group) is 1. The highest BCUT2D eigenvalue weighted by Gasteiger charge is 2.22. The van der Waals surface area contributed by atoms with Gasteiger partial charge in [-0.25, -0.2) is 0 Å². The number of nitrogens with two attached hydrogens (primary N) is 1. The molecule has 5 N–H and O–H groups in total. The maximum absolute atomic E-state index is 11.6. The summed E-state index contributed by atoms with van der Waals surface area (Å²) >= 11 is 0. The van der Waals surface area contributed by atoms with Crippen molar-refractivity contribution in [2.75, 3.05) is 49.2 Å². The van der Waals surface area contributed by atoms with Gasteiger partial charge in [0.05, 0.1) is 10.6 Å². The third kappa shape index (κ3) is 5.07. The molecule has 1 aromatic carbocycles. The Balaban J connectivity index is 2.01. The van der Waals surface area contributed by atoms with Gasteiger partial charge in [0.1, 0.15) is 4.90 Å². The highest BCUT2D eigenvalue weighted by Crippen LogP contribution is 2.27. The molecule has 0 amide bonds. The molecule has 0 unspecified atom stereocenters. The van der Waals surface area contributed by atoms with Gasteiger partial charge in [0.15, 0.2) is 0 Å². The Labute approximate surface area is 167 Å². The third-order valence-corrected chi connectivity index (χ3v) is 5.96. The molecule has 1 aliphatic rings. The third-order valence-electron chi connectivity index (χ3n) is 4.20. The van der Waals surface area contributed by atoms with Crippen LogP contribution < -0.4 is 16.0 Å². The molecule has 1 aliphatic heterocycles. The molecular formula is C14H19N7O6S2. The van der Waals surface area contributed by atoms with Crippen molar-refractivity contribution in [2.24, 2.45) is 0 Å². The van der Waals surface area contributed by atoms with Crippen LogP contribution in [0.4, 0.5) is 23.5 Å². The van der Waals surface area contributed by atoms with E-state index >= 15 is 0 Å². The van der Waals surface area contributed by atoms with E-state index in [-0.39, 0.29) is 23.5 Å². The van der Waals surface area contributed by atoms with Gasteiger partial charge in [-0.1, -0.05) is 0 Å². The fourth-order valence-electron chi connectivity index (χ4n) is 2.70. The Hall–Kier alpha value is -2.59. The van der Waals surface area contributed by atoms with E-state index in [9.17, 15) is 25.9 Å².